The van der Waals surface area contributed by atoms with Crippen molar-refractivity contribution in [1.82, 2.24) is 0 Å². The van der Waals surface area contributed by atoms with Crippen molar-refractivity contribution in [3.8, 4) is 0 Å². The van der Waals surface area contributed by atoms with Crippen LogP contribution in [0.25, 0.3) is 0 Å². The van der Waals surface area contributed by atoms with Crippen LogP contribution in [0.1, 0.15) is 13.8 Å². The minimum Gasteiger partial charge on any atom is -0.462 e. The molecular weight excluding hydrogens is 132 g/mol. The molecule has 0 bridgehead atoms. The molecule has 3 heteroatoms. The predicted molar refractivity (Wildman–Crippen MR) is 36.5 cm³/mol. The molecule has 0 fully saturated rings. The molecule has 0 radical (unpaired) electrons. The average molecular weight is 142 g/mol. The highest BCUT2D eigenvalue weighted by Crippen LogP contribution is 1.94. The second kappa shape index (κ2) is 3.82. The number of carbonyl (C=O) groups excluding carboxylic acids is 2. The van der Waals surface area contributed by atoms with Crippen molar-refractivity contribution >= 4 is 11.8 Å². The highest BCUT2D eigenvalue weighted by atomic mass is 16.5. The Morgan fingerprint density at radius 1 is 1.50 bits per heavy atom. The molecule has 0 unspecified atom stereocenters. The summed E-state index contributed by atoms with van der Waals surface area (Å²) in [6, 6.07) is 0. The summed E-state index contributed by atoms with van der Waals surface area (Å²) in [6.45, 7) is 6.47. The molecule has 56 valence electrons. The van der Waals surface area contributed by atoms with Gasteiger partial charge in [0.25, 0.3) is 0 Å². The van der Waals surface area contributed by atoms with Crippen LogP contribution in [0.5, 0.6) is 0 Å². The van der Waals surface area contributed by atoms with Crippen LogP contribution in [0.3, 0.4) is 0 Å². The van der Waals surface area contributed by atoms with Crippen molar-refractivity contribution in [2.24, 2.45) is 0 Å². The van der Waals surface area contributed by atoms with Crippen LogP contribution >= 0.6 is 0 Å². The Kier molecular flexibility index (Phi) is 3.39. The van der Waals surface area contributed by atoms with Crippen molar-refractivity contribution in [3.63, 3.8) is 0 Å². The zero-order valence-corrected chi connectivity index (χ0v) is 6.14. The molecule has 0 aliphatic carbocycles. The molecule has 0 aliphatic rings. The van der Waals surface area contributed by atoms with E-state index in [4.69, 9.17) is 0 Å². The molecule has 0 rings (SSSR count). The highest BCUT2D eigenvalue weighted by Gasteiger charge is 2.10. The largest absolute Gasteiger partial charge is 0.462 e. The molecule has 0 spiro atoms. The number of hydrogen-bond donors (Lipinski definition) is 0. The number of carbonyl (C=O) groups is 2. The van der Waals surface area contributed by atoms with Crippen LogP contribution in [0.15, 0.2) is 12.2 Å². The van der Waals surface area contributed by atoms with Crippen LogP contribution in [0.2, 0.25) is 0 Å². The van der Waals surface area contributed by atoms with Gasteiger partial charge >= 0.3 is 5.97 Å². The lowest BCUT2D eigenvalue weighted by atomic mass is 10.2. The van der Waals surface area contributed by atoms with Gasteiger partial charge in [-0.25, -0.2) is 4.79 Å². The second-order valence-corrected chi connectivity index (χ2v) is 1.76. The van der Waals surface area contributed by atoms with Crippen LogP contribution in [0.4, 0.5) is 0 Å². The minimum absolute atomic E-state index is 0.0955. The van der Waals surface area contributed by atoms with Crippen molar-refractivity contribution in [2.75, 3.05) is 6.61 Å². The topological polar surface area (TPSA) is 43.4 Å². The van der Waals surface area contributed by atoms with Gasteiger partial charge in [0.2, 0.25) is 0 Å². The monoisotopic (exact) mass is 142 g/mol. The van der Waals surface area contributed by atoms with E-state index in [2.05, 4.69) is 11.3 Å². The van der Waals surface area contributed by atoms with Gasteiger partial charge in [-0.15, -0.1) is 0 Å². The fourth-order valence-corrected chi connectivity index (χ4v) is 0.362. The van der Waals surface area contributed by atoms with E-state index < -0.39 is 5.97 Å². The highest BCUT2D eigenvalue weighted by molar-refractivity contribution is 6.15. The fourth-order valence-electron chi connectivity index (χ4n) is 0.362. The molecule has 0 aromatic rings. The summed E-state index contributed by atoms with van der Waals surface area (Å²) in [4.78, 5) is 21.1. The van der Waals surface area contributed by atoms with Gasteiger partial charge in [0, 0.05) is 0 Å². The van der Waals surface area contributed by atoms with E-state index in [1.165, 1.54) is 6.92 Å². The Morgan fingerprint density at radius 2 is 2.00 bits per heavy atom. The molecule has 3 nitrogen and oxygen atoms in total. The molecule has 10 heavy (non-hydrogen) atoms. The third kappa shape index (κ3) is 2.44. The lowest BCUT2D eigenvalue weighted by Crippen LogP contribution is -2.11. The van der Waals surface area contributed by atoms with Crippen LogP contribution in [-0.4, -0.2) is 18.4 Å². The minimum atomic E-state index is -0.630. The normalized spacial score (nSPS) is 8.60. The van der Waals surface area contributed by atoms with Crippen LogP contribution < -0.4 is 0 Å². The zero-order chi connectivity index (χ0) is 8.15. The summed E-state index contributed by atoms with van der Waals surface area (Å²) < 4.78 is 4.51. The lowest BCUT2D eigenvalue weighted by Gasteiger charge is -1.99. The third-order valence-corrected chi connectivity index (χ3v) is 0.947. The van der Waals surface area contributed by atoms with Gasteiger partial charge < -0.3 is 4.74 Å². The molecular formula is C7H10O3. The van der Waals surface area contributed by atoms with Gasteiger partial charge in [-0.2, -0.15) is 0 Å². The molecule has 0 saturated carbocycles. The van der Waals surface area contributed by atoms with E-state index in [1.807, 2.05) is 0 Å². The molecule has 0 aromatic carbocycles. The first-order valence-electron chi connectivity index (χ1n) is 2.96. The van der Waals surface area contributed by atoms with Crippen LogP contribution in [0, 0.1) is 0 Å². The summed E-state index contributed by atoms with van der Waals surface area (Å²) in [6.07, 6.45) is 0. The Balaban J connectivity index is 3.96. The second-order valence-electron chi connectivity index (χ2n) is 1.76. The summed E-state index contributed by atoms with van der Waals surface area (Å²) >= 11 is 0. The van der Waals surface area contributed by atoms with Crippen molar-refractivity contribution < 1.29 is 14.3 Å². The smallest absolute Gasteiger partial charge is 0.341 e. The van der Waals surface area contributed by atoms with Gasteiger partial charge in [0.15, 0.2) is 5.78 Å². The quantitative estimate of drug-likeness (QED) is 0.252. The van der Waals surface area contributed by atoms with Crippen molar-refractivity contribution in [3.05, 3.63) is 12.2 Å². The summed E-state index contributed by atoms with van der Waals surface area (Å²) in [5.41, 5.74) is -0.0955. The Labute approximate surface area is 59.7 Å². The Morgan fingerprint density at radius 3 is 2.30 bits per heavy atom. The van der Waals surface area contributed by atoms with E-state index in [0.717, 1.165) is 0 Å². The molecule has 0 atom stereocenters. The van der Waals surface area contributed by atoms with Crippen molar-refractivity contribution in [2.45, 2.75) is 13.8 Å². The van der Waals surface area contributed by atoms with Gasteiger partial charge in [0.05, 0.1) is 12.2 Å². The Bertz CT molecular complexity index is 170. The van der Waals surface area contributed by atoms with Gasteiger partial charge in [0.1, 0.15) is 0 Å². The Hall–Kier alpha value is -1.12. The SMILES string of the molecule is C=C(C(C)=O)C(=O)OCC. The lowest BCUT2D eigenvalue weighted by molar-refractivity contribution is -0.139. The first-order chi connectivity index (χ1) is 4.59. The summed E-state index contributed by atoms with van der Waals surface area (Å²) in [5.74, 6) is -0.978. The fraction of sp³-hybridized carbons (Fsp3) is 0.429. The zero-order valence-electron chi connectivity index (χ0n) is 6.14. The number of rotatable bonds is 3. The molecule has 0 amide bonds. The molecule has 0 aromatic heterocycles. The number of ether oxygens (including phenoxy) is 1. The number of ketones is 1. The molecule has 0 saturated heterocycles. The van der Waals surface area contributed by atoms with Gasteiger partial charge in [-0.3, -0.25) is 4.79 Å². The molecule has 0 heterocycles. The molecule has 0 aliphatic heterocycles. The summed E-state index contributed by atoms with van der Waals surface area (Å²) in [7, 11) is 0. The molecule has 0 N–H and O–H groups in total. The van der Waals surface area contributed by atoms with E-state index in [-0.39, 0.29) is 18.0 Å². The summed E-state index contributed by atoms with van der Waals surface area (Å²) in [5, 5.41) is 0. The van der Waals surface area contributed by atoms with Crippen LogP contribution in [-0.2, 0) is 14.3 Å². The maximum Gasteiger partial charge on any atom is 0.341 e. The van der Waals surface area contributed by atoms with E-state index in [9.17, 15) is 9.59 Å². The number of hydrogen-bond acceptors (Lipinski definition) is 3. The van der Waals surface area contributed by atoms with Crippen molar-refractivity contribution in [1.29, 1.82) is 0 Å². The third-order valence-electron chi connectivity index (χ3n) is 0.947. The maximum atomic E-state index is 10.6. The maximum absolute atomic E-state index is 10.6. The number of esters is 1. The standard InChI is InChI=1S/C7H10O3/c1-4-10-7(9)5(2)6(3)8/h2,4H2,1,3H3. The van der Waals surface area contributed by atoms with Gasteiger partial charge in [-0.05, 0) is 13.8 Å². The number of Topliss-reactive ketones (excluding diaryl/α,β-unsaturated/α-hetero) is 1. The van der Waals surface area contributed by atoms with Gasteiger partial charge in [-0.1, -0.05) is 6.58 Å². The van der Waals surface area contributed by atoms with E-state index >= 15 is 0 Å². The predicted octanol–water partition coefficient (Wildman–Crippen LogP) is 0.695. The van der Waals surface area contributed by atoms with E-state index in [1.54, 1.807) is 6.92 Å². The van der Waals surface area contributed by atoms with E-state index in [0.29, 0.717) is 0 Å². The average Bonchev–Trinajstić information content (AvgIpc) is 1.87. The first-order valence-corrected chi connectivity index (χ1v) is 2.96. The first kappa shape index (κ1) is 8.88.